The molecular weight excluding hydrogens is 198 g/mol. The second-order valence-corrected chi connectivity index (χ2v) is 3.19. The van der Waals surface area contributed by atoms with Crippen LogP contribution >= 0.6 is 11.6 Å². The van der Waals surface area contributed by atoms with E-state index >= 15 is 0 Å². The summed E-state index contributed by atoms with van der Waals surface area (Å²) in [5.74, 6) is 1.36. The van der Waals surface area contributed by atoms with E-state index in [1.54, 1.807) is 0 Å². The van der Waals surface area contributed by atoms with E-state index in [9.17, 15) is 0 Å². The first kappa shape index (κ1) is 11.2. The molecule has 0 saturated carbocycles. The van der Waals surface area contributed by atoms with Crippen molar-refractivity contribution in [1.29, 1.82) is 0 Å². The second kappa shape index (κ2) is 5.76. The highest BCUT2D eigenvalue weighted by molar-refractivity contribution is 6.17. The molecule has 1 aromatic rings. The zero-order valence-corrected chi connectivity index (χ0v) is 9.40. The van der Waals surface area contributed by atoms with Crippen molar-refractivity contribution < 1.29 is 4.74 Å². The third-order valence-electron chi connectivity index (χ3n) is 1.89. The van der Waals surface area contributed by atoms with E-state index in [2.05, 4.69) is 12.2 Å². The fourth-order valence-corrected chi connectivity index (χ4v) is 1.50. The third-order valence-corrected chi connectivity index (χ3v) is 2.17. The van der Waals surface area contributed by atoms with Gasteiger partial charge in [-0.2, -0.15) is 0 Å². The molecule has 0 heterocycles. The quantitative estimate of drug-likeness (QED) is 0.759. The molecular formula is C11H16ClNO. The molecule has 0 aliphatic heterocycles. The van der Waals surface area contributed by atoms with E-state index in [4.69, 9.17) is 16.3 Å². The lowest BCUT2D eigenvalue weighted by Gasteiger charge is -2.10. The van der Waals surface area contributed by atoms with Crippen molar-refractivity contribution >= 4 is 17.3 Å². The van der Waals surface area contributed by atoms with Gasteiger partial charge in [0, 0.05) is 17.8 Å². The minimum absolute atomic E-state index is 0.481. The summed E-state index contributed by atoms with van der Waals surface area (Å²) >= 11 is 5.83. The minimum atomic E-state index is 0.481. The molecule has 0 saturated heterocycles. The Labute approximate surface area is 90.2 Å². The molecule has 0 fully saturated rings. The summed E-state index contributed by atoms with van der Waals surface area (Å²) < 4.78 is 5.45. The number of anilines is 1. The van der Waals surface area contributed by atoms with E-state index < -0.39 is 0 Å². The second-order valence-electron chi connectivity index (χ2n) is 2.92. The van der Waals surface area contributed by atoms with Gasteiger partial charge in [0.15, 0.2) is 0 Å². The number of benzene rings is 1. The van der Waals surface area contributed by atoms with Gasteiger partial charge in [-0.15, -0.1) is 11.6 Å². The highest BCUT2D eigenvalue weighted by Gasteiger charge is 2.02. The van der Waals surface area contributed by atoms with Gasteiger partial charge in [-0.1, -0.05) is 0 Å². The first-order valence-corrected chi connectivity index (χ1v) is 5.40. The van der Waals surface area contributed by atoms with Crippen molar-refractivity contribution in [3.05, 3.63) is 23.8 Å². The Kier molecular flexibility index (Phi) is 4.60. The minimum Gasteiger partial charge on any atom is -0.494 e. The molecule has 0 amide bonds. The largest absolute Gasteiger partial charge is 0.494 e. The van der Waals surface area contributed by atoms with Gasteiger partial charge in [0.2, 0.25) is 0 Å². The molecule has 0 bridgehead atoms. The Bertz CT molecular complexity index is 289. The average Bonchev–Trinajstić information content (AvgIpc) is 2.21. The molecule has 3 heteroatoms. The predicted molar refractivity (Wildman–Crippen MR) is 61.3 cm³/mol. The maximum absolute atomic E-state index is 5.83. The van der Waals surface area contributed by atoms with E-state index in [0.717, 1.165) is 23.5 Å². The van der Waals surface area contributed by atoms with E-state index in [0.29, 0.717) is 12.5 Å². The van der Waals surface area contributed by atoms with Crippen molar-refractivity contribution in [2.45, 2.75) is 19.7 Å². The molecule has 0 aliphatic rings. The first-order chi connectivity index (χ1) is 6.81. The van der Waals surface area contributed by atoms with Crippen LogP contribution in [0.25, 0.3) is 0 Å². The number of rotatable bonds is 5. The van der Waals surface area contributed by atoms with Crippen LogP contribution in [-0.4, -0.2) is 13.2 Å². The van der Waals surface area contributed by atoms with Gasteiger partial charge in [0.05, 0.1) is 12.5 Å². The molecule has 14 heavy (non-hydrogen) atoms. The SMILES string of the molecule is CCNc1ccc(OCC)c(CCl)c1. The fourth-order valence-electron chi connectivity index (χ4n) is 1.29. The van der Waals surface area contributed by atoms with Crippen LogP contribution in [0.15, 0.2) is 18.2 Å². The van der Waals surface area contributed by atoms with Gasteiger partial charge in [-0.3, -0.25) is 0 Å². The number of halogens is 1. The van der Waals surface area contributed by atoms with Crippen LogP contribution in [0.5, 0.6) is 5.75 Å². The highest BCUT2D eigenvalue weighted by Crippen LogP contribution is 2.24. The summed E-state index contributed by atoms with van der Waals surface area (Å²) in [7, 11) is 0. The Hall–Kier alpha value is -0.890. The average molecular weight is 214 g/mol. The molecule has 0 radical (unpaired) electrons. The van der Waals surface area contributed by atoms with Gasteiger partial charge >= 0.3 is 0 Å². The third kappa shape index (κ3) is 2.81. The van der Waals surface area contributed by atoms with Crippen LogP contribution < -0.4 is 10.1 Å². The number of nitrogens with one attached hydrogen (secondary N) is 1. The molecule has 0 atom stereocenters. The molecule has 1 rings (SSSR count). The van der Waals surface area contributed by atoms with Crippen LogP contribution in [0.4, 0.5) is 5.69 Å². The maximum atomic E-state index is 5.83. The van der Waals surface area contributed by atoms with E-state index in [1.165, 1.54) is 0 Å². The molecule has 1 N–H and O–H groups in total. The Morgan fingerprint density at radius 1 is 1.36 bits per heavy atom. The van der Waals surface area contributed by atoms with Crippen LogP contribution in [0.3, 0.4) is 0 Å². The zero-order chi connectivity index (χ0) is 10.4. The number of hydrogen-bond donors (Lipinski definition) is 1. The number of alkyl halides is 1. The summed E-state index contributed by atoms with van der Waals surface area (Å²) in [5, 5.41) is 3.24. The van der Waals surface area contributed by atoms with Crippen LogP contribution in [0.2, 0.25) is 0 Å². The van der Waals surface area contributed by atoms with Crippen molar-refractivity contribution in [1.82, 2.24) is 0 Å². The first-order valence-electron chi connectivity index (χ1n) is 4.87. The number of hydrogen-bond acceptors (Lipinski definition) is 2. The molecule has 0 aromatic heterocycles. The normalized spacial score (nSPS) is 9.93. The molecule has 0 aliphatic carbocycles. The lowest BCUT2D eigenvalue weighted by Crippen LogP contribution is -1.99. The topological polar surface area (TPSA) is 21.3 Å². The van der Waals surface area contributed by atoms with Gasteiger partial charge in [0.1, 0.15) is 5.75 Å². The maximum Gasteiger partial charge on any atom is 0.123 e. The van der Waals surface area contributed by atoms with Gasteiger partial charge in [-0.05, 0) is 32.0 Å². The van der Waals surface area contributed by atoms with Gasteiger partial charge in [0.25, 0.3) is 0 Å². The summed E-state index contributed by atoms with van der Waals surface area (Å²) in [6, 6.07) is 5.99. The Morgan fingerprint density at radius 3 is 2.71 bits per heavy atom. The van der Waals surface area contributed by atoms with Gasteiger partial charge < -0.3 is 10.1 Å². The van der Waals surface area contributed by atoms with E-state index in [1.807, 2.05) is 25.1 Å². The molecule has 0 spiro atoms. The summed E-state index contributed by atoms with van der Waals surface area (Å²) in [6.45, 7) is 5.62. The molecule has 2 nitrogen and oxygen atoms in total. The van der Waals surface area contributed by atoms with Gasteiger partial charge in [-0.25, -0.2) is 0 Å². The Balaban J connectivity index is 2.87. The van der Waals surface area contributed by atoms with Crippen LogP contribution in [0.1, 0.15) is 19.4 Å². The zero-order valence-electron chi connectivity index (χ0n) is 8.64. The Morgan fingerprint density at radius 2 is 2.14 bits per heavy atom. The monoisotopic (exact) mass is 213 g/mol. The molecule has 1 aromatic carbocycles. The fraction of sp³-hybridized carbons (Fsp3) is 0.455. The highest BCUT2D eigenvalue weighted by atomic mass is 35.5. The van der Waals surface area contributed by atoms with Crippen LogP contribution in [-0.2, 0) is 5.88 Å². The van der Waals surface area contributed by atoms with Crippen molar-refractivity contribution in [2.24, 2.45) is 0 Å². The number of ether oxygens (including phenoxy) is 1. The molecule has 78 valence electrons. The lowest BCUT2D eigenvalue weighted by molar-refractivity contribution is 0.337. The smallest absolute Gasteiger partial charge is 0.123 e. The van der Waals surface area contributed by atoms with Crippen molar-refractivity contribution in [2.75, 3.05) is 18.5 Å². The summed E-state index contributed by atoms with van der Waals surface area (Å²) in [4.78, 5) is 0. The van der Waals surface area contributed by atoms with Crippen molar-refractivity contribution in [3.63, 3.8) is 0 Å². The summed E-state index contributed by atoms with van der Waals surface area (Å²) in [6.07, 6.45) is 0. The summed E-state index contributed by atoms with van der Waals surface area (Å²) in [5.41, 5.74) is 2.12. The molecule has 0 unspecified atom stereocenters. The standard InChI is InChI=1S/C11H16ClNO/c1-3-13-10-5-6-11(14-4-2)9(7-10)8-12/h5-7,13H,3-4,8H2,1-2H3. The van der Waals surface area contributed by atoms with E-state index in [-0.39, 0.29) is 0 Å². The predicted octanol–water partition coefficient (Wildman–Crippen LogP) is 3.26. The van der Waals surface area contributed by atoms with Crippen molar-refractivity contribution in [3.8, 4) is 5.75 Å². The lowest BCUT2D eigenvalue weighted by atomic mass is 10.2. The van der Waals surface area contributed by atoms with Crippen LogP contribution in [0, 0.1) is 0 Å².